The molecule has 0 aliphatic carbocycles. The van der Waals surface area contributed by atoms with Gasteiger partial charge in [0.25, 0.3) is 0 Å². The van der Waals surface area contributed by atoms with Crippen LogP contribution in [0.4, 0.5) is 0 Å². The molecule has 2 aromatic heterocycles. The summed E-state index contributed by atoms with van der Waals surface area (Å²) < 4.78 is 5.91. The molecule has 0 unspecified atom stereocenters. The zero-order chi connectivity index (χ0) is 17.0. The summed E-state index contributed by atoms with van der Waals surface area (Å²) in [6.07, 6.45) is 2.66. The lowest BCUT2D eigenvalue weighted by Crippen LogP contribution is -2.35. The van der Waals surface area contributed by atoms with Crippen molar-refractivity contribution in [3.8, 4) is 17.1 Å². The summed E-state index contributed by atoms with van der Waals surface area (Å²) in [6.45, 7) is 10.7. The number of aryl methyl sites for hydroxylation is 2. The van der Waals surface area contributed by atoms with Crippen molar-refractivity contribution in [2.45, 2.75) is 46.6 Å². The first-order valence-corrected chi connectivity index (χ1v) is 7.94. The lowest BCUT2D eigenvalue weighted by Gasteiger charge is -2.23. The Kier molecular flexibility index (Phi) is 5.31. The lowest BCUT2D eigenvalue weighted by molar-refractivity contribution is 0.227. The molecule has 0 fully saturated rings. The molecule has 2 rings (SSSR count). The molecule has 0 saturated carbocycles. The SMILES string of the molecule is Cc1nccc(-c2ccc(OC[C@H](C)CC(C)(C)N)c(C)n2)n1. The van der Waals surface area contributed by atoms with E-state index in [4.69, 9.17) is 10.5 Å². The smallest absolute Gasteiger partial charge is 0.140 e. The molecule has 2 heterocycles. The molecule has 0 aliphatic heterocycles. The van der Waals surface area contributed by atoms with Gasteiger partial charge in [-0.3, -0.25) is 0 Å². The Balaban J connectivity index is 2.05. The van der Waals surface area contributed by atoms with Gasteiger partial charge in [-0.25, -0.2) is 15.0 Å². The van der Waals surface area contributed by atoms with E-state index in [0.29, 0.717) is 12.5 Å². The molecule has 0 spiro atoms. The van der Waals surface area contributed by atoms with Crippen LogP contribution < -0.4 is 10.5 Å². The maximum atomic E-state index is 6.05. The number of rotatable bonds is 6. The Morgan fingerprint density at radius 2 is 1.83 bits per heavy atom. The van der Waals surface area contributed by atoms with E-state index in [0.717, 1.165) is 35.1 Å². The van der Waals surface area contributed by atoms with Gasteiger partial charge in [0.15, 0.2) is 0 Å². The van der Waals surface area contributed by atoms with Crippen LogP contribution in [-0.2, 0) is 0 Å². The minimum Gasteiger partial charge on any atom is -0.491 e. The first kappa shape index (κ1) is 17.3. The van der Waals surface area contributed by atoms with E-state index in [2.05, 4.69) is 21.9 Å². The first-order valence-electron chi connectivity index (χ1n) is 7.94. The molecule has 0 aromatic carbocycles. The van der Waals surface area contributed by atoms with Crippen molar-refractivity contribution in [2.75, 3.05) is 6.61 Å². The van der Waals surface area contributed by atoms with Crippen LogP contribution in [0, 0.1) is 19.8 Å². The summed E-state index contributed by atoms with van der Waals surface area (Å²) in [5.41, 5.74) is 8.39. The topological polar surface area (TPSA) is 73.9 Å². The molecule has 0 amide bonds. The van der Waals surface area contributed by atoms with Gasteiger partial charge in [0.05, 0.1) is 23.7 Å². The molecule has 0 aliphatic rings. The molecule has 5 nitrogen and oxygen atoms in total. The quantitative estimate of drug-likeness (QED) is 0.885. The fourth-order valence-electron chi connectivity index (χ4n) is 2.63. The van der Waals surface area contributed by atoms with Gasteiger partial charge in [-0.1, -0.05) is 6.92 Å². The first-order chi connectivity index (χ1) is 10.7. The van der Waals surface area contributed by atoms with E-state index in [1.165, 1.54) is 0 Å². The number of hydrogen-bond acceptors (Lipinski definition) is 5. The molecule has 2 aromatic rings. The number of aromatic nitrogens is 3. The van der Waals surface area contributed by atoms with Gasteiger partial charge in [0, 0.05) is 11.7 Å². The van der Waals surface area contributed by atoms with E-state index < -0.39 is 0 Å². The largest absolute Gasteiger partial charge is 0.491 e. The average Bonchev–Trinajstić information content (AvgIpc) is 2.44. The highest BCUT2D eigenvalue weighted by Gasteiger charge is 2.16. The summed E-state index contributed by atoms with van der Waals surface area (Å²) in [4.78, 5) is 13.1. The van der Waals surface area contributed by atoms with Crippen LogP contribution in [0.3, 0.4) is 0 Å². The van der Waals surface area contributed by atoms with Crippen molar-refractivity contribution in [3.63, 3.8) is 0 Å². The van der Waals surface area contributed by atoms with Crippen LogP contribution in [-0.4, -0.2) is 27.1 Å². The number of ether oxygens (including phenoxy) is 1. The second-order valence-electron chi connectivity index (χ2n) is 6.88. The number of hydrogen-bond donors (Lipinski definition) is 1. The Bertz CT molecular complexity index is 664. The third-order valence-corrected chi connectivity index (χ3v) is 3.47. The van der Waals surface area contributed by atoms with Gasteiger partial charge in [-0.15, -0.1) is 0 Å². The molecule has 0 radical (unpaired) electrons. The van der Waals surface area contributed by atoms with Gasteiger partial charge in [0.1, 0.15) is 11.6 Å². The Morgan fingerprint density at radius 3 is 2.43 bits per heavy atom. The van der Waals surface area contributed by atoms with Crippen molar-refractivity contribution >= 4 is 0 Å². The Morgan fingerprint density at radius 1 is 1.13 bits per heavy atom. The predicted octanol–water partition coefficient (Wildman–Crippen LogP) is 3.30. The summed E-state index contributed by atoms with van der Waals surface area (Å²) in [6, 6.07) is 5.75. The van der Waals surface area contributed by atoms with Gasteiger partial charge >= 0.3 is 0 Å². The minimum absolute atomic E-state index is 0.176. The molecule has 23 heavy (non-hydrogen) atoms. The van der Waals surface area contributed by atoms with Gasteiger partial charge in [-0.2, -0.15) is 0 Å². The van der Waals surface area contributed by atoms with E-state index in [1.807, 2.05) is 45.9 Å². The fourth-order valence-corrected chi connectivity index (χ4v) is 2.63. The molecule has 2 N–H and O–H groups in total. The maximum Gasteiger partial charge on any atom is 0.140 e. The Labute approximate surface area is 138 Å². The van der Waals surface area contributed by atoms with Crippen molar-refractivity contribution in [2.24, 2.45) is 11.7 Å². The third-order valence-electron chi connectivity index (χ3n) is 3.47. The van der Waals surface area contributed by atoms with Crippen LogP contribution >= 0.6 is 0 Å². The molecule has 0 saturated heterocycles. The number of nitrogens with zero attached hydrogens (tertiary/aromatic N) is 3. The molecular weight excluding hydrogens is 288 g/mol. The van der Waals surface area contributed by atoms with Gasteiger partial charge in [-0.05, 0) is 58.2 Å². The highest BCUT2D eigenvalue weighted by molar-refractivity contribution is 5.55. The zero-order valence-corrected chi connectivity index (χ0v) is 14.6. The molecule has 1 atom stereocenters. The Hall–Kier alpha value is -2.01. The fraction of sp³-hybridized carbons (Fsp3) is 0.500. The van der Waals surface area contributed by atoms with Crippen LogP contribution in [0.15, 0.2) is 24.4 Å². The third kappa shape index (κ3) is 5.28. The molecule has 124 valence electrons. The monoisotopic (exact) mass is 314 g/mol. The standard InChI is InChI=1S/C18H26N4O/c1-12(10-18(4,5)19)11-23-17-7-6-15(21-13(17)2)16-8-9-20-14(3)22-16/h6-9,12H,10-11,19H2,1-5H3/t12-/m1/s1. The van der Waals surface area contributed by atoms with E-state index in [-0.39, 0.29) is 5.54 Å². The van der Waals surface area contributed by atoms with Crippen molar-refractivity contribution < 1.29 is 4.74 Å². The van der Waals surface area contributed by atoms with Crippen LogP contribution in [0.5, 0.6) is 5.75 Å². The van der Waals surface area contributed by atoms with Crippen LogP contribution in [0.2, 0.25) is 0 Å². The average molecular weight is 314 g/mol. The van der Waals surface area contributed by atoms with Crippen molar-refractivity contribution in [1.29, 1.82) is 0 Å². The second kappa shape index (κ2) is 7.04. The van der Waals surface area contributed by atoms with E-state index in [9.17, 15) is 0 Å². The summed E-state index contributed by atoms with van der Waals surface area (Å²) in [5, 5.41) is 0. The minimum atomic E-state index is -0.176. The summed E-state index contributed by atoms with van der Waals surface area (Å²) in [5.74, 6) is 1.93. The number of pyridine rings is 1. The van der Waals surface area contributed by atoms with E-state index in [1.54, 1.807) is 6.20 Å². The van der Waals surface area contributed by atoms with E-state index >= 15 is 0 Å². The maximum absolute atomic E-state index is 6.05. The highest BCUT2D eigenvalue weighted by Crippen LogP contribution is 2.23. The molecule has 5 heteroatoms. The number of nitrogens with two attached hydrogens (primary N) is 1. The van der Waals surface area contributed by atoms with Gasteiger partial charge < -0.3 is 10.5 Å². The van der Waals surface area contributed by atoms with Crippen LogP contribution in [0.25, 0.3) is 11.4 Å². The molecule has 0 bridgehead atoms. The van der Waals surface area contributed by atoms with Crippen molar-refractivity contribution in [3.05, 3.63) is 35.9 Å². The zero-order valence-electron chi connectivity index (χ0n) is 14.6. The summed E-state index contributed by atoms with van der Waals surface area (Å²) in [7, 11) is 0. The molecular formula is C18H26N4O. The van der Waals surface area contributed by atoms with Crippen LogP contribution in [0.1, 0.15) is 38.7 Å². The van der Waals surface area contributed by atoms with Crippen molar-refractivity contribution in [1.82, 2.24) is 15.0 Å². The van der Waals surface area contributed by atoms with Gasteiger partial charge in [0.2, 0.25) is 0 Å². The summed E-state index contributed by atoms with van der Waals surface area (Å²) >= 11 is 0. The predicted molar refractivity (Wildman–Crippen MR) is 92.3 cm³/mol. The lowest BCUT2D eigenvalue weighted by atomic mass is 9.93. The highest BCUT2D eigenvalue weighted by atomic mass is 16.5. The second-order valence-corrected chi connectivity index (χ2v) is 6.88. The normalized spacial score (nSPS) is 13.0.